The van der Waals surface area contributed by atoms with Gasteiger partial charge in [-0.15, -0.1) is 19.3 Å². The molecule has 4 aliphatic heterocycles. The van der Waals surface area contributed by atoms with Crippen LogP contribution >= 0.6 is 0 Å². The molecule has 0 saturated carbocycles. The van der Waals surface area contributed by atoms with Crippen LogP contribution in [-0.2, 0) is 0 Å². The third-order valence-electron chi connectivity index (χ3n) is 9.89. The van der Waals surface area contributed by atoms with E-state index in [1.807, 2.05) is 0 Å². The molecule has 6 heterocycles. The molecule has 2 unspecified atom stereocenters. The molecule has 0 radical (unpaired) electrons. The average molecular weight is 609 g/mol. The van der Waals surface area contributed by atoms with Crippen molar-refractivity contribution in [2.45, 2.75) is 56.1 Å². The number of ether oxygens (including phenoxy) is 1. The van der Waals surface area contributed by atoms with Gasteiger partial charge in [-0.1, -0.05) is 12.0 Å². The lowest BCUT2D eigenvalue weighted by Crippen LogP contribution is -2.51. The number of benzene rings is 2. The number of piperazine rings is 1. The molecule has 8 nitrogen and oxygen atoms in total. The Morgan fingerprint density at radius 2 is 1.80 bits per heavy atom. The summed E-state index contributed by atoms with van der Waals surface area (Å²) in [5.74, 6) is 1.57. The van der Waals surface area contributed by atoms with Gasteiger partial charge in [0, 0.05) is 42.3 Å². The topological polar surface area (TPSA) is 86.6 Å². The highest BCUT2D eigenvalue weighted by Gasteiger charge is 2.45. The zero-order valence-corrected chi connectivity index (χ0v) is 24.9. The van der Waals surface area contributed by atoms with Gasteiger partial charge in [-0.25, -0.2) is 8.78 Å². The van der Waals surface area contributed by atoms with Crippen LogP contribution in [0, 0.1) is 36.8 Å². The van der Waals surface area contributed by atoms with Gasteiger partial charge in [0.1, 0.15) is 35.2 Å². The summed E-state index contributed by atoms with van der Waals surface area (Å²) >= 11 is 0. The molecule has 0 amide bonds. The van der Waals surface area contributed by atoms with Crippen LogP contribution in [0.3, 0.4) is 0 Å². The van der Waals surface area contributed by atoms with Crippen molar-refractivity contribution >= 4 is 27.5 Å². The number of hydrogen-bond acceptors (Lipinski definition) is 8. The Kier molecular flexibility index (Phi) is 7.43. The summed E-state index contributed by atoms with van der Waals surface area (Å²) in [6.45, 7) is 4.07. The highest BCUT2D eigenvalue weighted by Crippen LogP contribution is 2.41. The summed E-state index contributed by atoms with van der Waals surface area (Å²) in [4.78, 5) is 18.7. The first-order valence-electron chi connectivity index (χ1n) is 15.4. The SMILES string of the molecule is C#C.C#Cc1c(F)ccc2cc(O)cc(-c3ncc4c(N5CC6CCC(C5)N6)nc(OCC56CCCN5CCC6)nc4c3F)c12. The zero-order valence-electron chi connectivity index (χ0n) is 24.9. The summed E-state index contributed by atoms with van der Waals surface area (Å²) in [5, 5.41) is 15.4. The number of aromatic hydroxyl groups is 1. The van der Waals surface area contributed by atoms with Crippen LogP contribution in [0.5, 0.6) is 11.8 Å². The largest absolute Gasteiger partial charge is 0.508 e. The van der Waals surface area contributed by atoms with E-state index in [1.165, 1.54) is 24.3 Å². The average Bonchev–Trinajstić information content (AvgIpc) is 3.74. The number of fused-ring (bicyclic) bond motifs is 5. The molecule has 45 heavy (non-hydrogen) atoms. The van der Waals surface area contributed by atoms with Crippen LogP contribution in [0.15, 0.2) is 30.5 Å². The maximum absolute atomic E-state index is 16.7. The highest BCUT2D eigenvalue weighted by molar-refractivity contribution is 6.03. The van der Waals surface area contributed by atoms with Crippen molar-refractivity contribution in [2.75, 3.05) is 37.7 Å². The molecule has 10 heteroatoms. The van der Waals surface area contributed by atoms with Gasteiger partial charge >= 0.3 is 6.01 Å². The minimum atomic E-state index is -0.704. The molecule has 0 spiro atoms. The van der Waals surface area contributed by atoms with Crippen molar-refractivity contribution in [3.8, 4) is 48.2 Å². The normalized spacial score (nSPS) is 21.8. The van der Waals surface area contributed by atoms with E-state index in [4.69, 9.17) is 16.1 Å². The van der Waals surface area contributed by atoms with Crippen molar-refractivity contribution in [1.82, 2.24) is 25.2 Å². The van der Waals surface area contributed by atoms with E-state index < -0.39 is 11.6 Å². The van der Waals surface area contributed by atoms with Crippen molar-refractivity contribution in [2.24, 2.45) is 0 Å². The number of nitrogens with zero attached hydrogens (tertiary/aromatic N) is 5. The molecule has 230 valence electrons. The molecule has 2 bridgehead atoms. The number of pyridine rings is 1. The fourth-order valence-electron chi connectivity index (χ4n) is 7.90. The first-order valence-corrected chi connectivity index (χ1v) is 15.4. The number of hydrogen-bond donors (Lipinski definition) is 2. The lowest BCUT2D eigenvalue weighted by molar-refractivity contribution is 0.108. The smallest absolute Gasteiger partial charge is 0.319 e. The van der Waals surface area contributed by atoms with Crippen LogP contribution in [0.25, 0.3) is 32.9 Å². The number of rotatable bonds is 5. The van der Waals surface area contributed by atoms with E-state index in [9.17, 15) is 9.50 Å². The van der Waals surface area contributed by atoms with Gasteiger partial charge in [-0.3, -0.25) is 9.88 Å². The molecule has 2 atom stereocenters. The summed E-state index contributed by atoms with van der Waals surface area (Å²) in [5.41, 5.74) is 0.136. The van der Waals surface area contributed by atoms with E-state index in [2.05, 4.69) is 43.9 Å². The fraction of sp³-hybridized carbons (Fsp3) is 0.400. The molecule has 0 aliphatic carbocycles. The van der Waals surface area contributed by atoms with Gasteiger partial charge in [0.05, 0.1) is 16.5 Å². The van der Waals surface area contributed by atoms with Gasteiger partial charge in [-0.05, 0) is 75.2 Å². The Morgan fingerprint density at radius 3 is 2.51 bits per heavy atom. The second-order valence-corrected chi connectivity index (χ2v) is 12.4. The zero-order chi connectivity index (χ0) is 31.3. The fourth-order valence-corrected chi connectivity index (χ4v) is 7.90. The summed E-state index contributed by atoms with van der Waals surface area (Å²) in [7, 11) is 0. The van der Waals surface area contributed by atoms with E-state index >= 15 is 4.39 Å². The first kappa shape index (κ1) is 29.2. The van der Waals surface area contributed by atoms with Crippen LogP contribution < -0.4 is 15.0 Å². The van der Waals surface area contributed by atoms with Crippen LogP contribution in [0.4, 0.5) is 14.6 Å². The van der Waals surface area contributed by atoms with Crippen molar-refractivity contribution in [3.63, 3.8) is 0 Å². The summed E-state index contributed by atoms with van der Waals surface area (Å²) in [6, 6.07) is 6.39. The number of anilines is 1. The predicted molar refractivity (Wildman–Crippen MR) is 170 cm³/mol. The Bertz CT molecular complexity index is 1850. The minimum Gasteiger partial charge on any atom is -0.508 e. The number of aromatic nitrogens is 3. The van der Waals surface area contributed by atoms with Gasteiger partial charge < -0.3 is 20.1 Å². The van der Waals surface area contributed by atoms with Gasteiger partial charge in [0.15, 0.2) is 5.82 Å². The third kappa shape index (κ3) is 4.89. The van der Waals surface area contributed by atoms with E-state index in [0.717, 1.165) is 64.7 Å². The Balaban J connectivity index is 0.00000160. The molecule has 4 aliphatic rings. The van der Waals surface area contributed by atoms with Crippen molar-refractivity contribution < 1.29 is 18.6 Å². The quantitative estimate of drug-likeness (QED) is 0.306. The lowest BCUT2D eigenvalue weighted by atomic mass is 9.95. The molecule has 4 saturated heterocycles. The highest BCUT2D eigenvalue weighted by atomic mass is 19.1. The summed E-state index contributed by atoms with van der Waals surface area (Å²) < 4.78 is 37.8. The van der Waals surface area contributed by atoms with Crippen molar-refractivity contribution in [3.05, 3.63) is 47.7 Å². The molecule has 2 aromatic carbocycles. The van der Waals surface area contributed by atoms with Gasteiger partial charge in [0.25, 0.3) is 0 Å². The van der Waals surface area contributed by atoms with E-state index in [0.29, 0.717) is 40.7 Å². The van der Waals surface area contributed by atoms with Crippen LogP contribution in [0.1, 0.15) is 44.1 Å². The van der Waals surface area contributed by atoms with Gasteiger partial charge in [0.2, 0.25) is 0 Å². The van der Waals surface area contributed by atoms with Crippen molar-refractivity contribution in [1.29, 1.82) is 0 Å². The van der Waals surface area contributed by atoms with Crippen LogP contribution in [-0.4, -0.2) is 75.4 Å². The standard InChI is InChI=1S/C33H32F2N6O2.C2H2/c1-2-23-26(34)8-5-19-13-22(42)14-24(27(19)23)29-28(35)30-25(15-36-29)31(40-16-20-6-7-21(17-40)37-20)39-32(38-30)43-18-33-9-3-11-41(33)12-4-10-33;1-2/h1,5,8,13-15,20-21,37,42H,3-4,6-7,9-12,16-18H2;1-2H. The molecule has 4 aromatic rings. The number of halogens is 2. The van der Waals surface area contributed by atoms with Gasteiger partial charge in [-0.2, -0.15) is 9.97 Å². The maximum atomic E-state index is 16.7. The van der Waals surface area contributed by atoms with E-state index in [1.54, 1.807) is 6.20 Å². The maximum Gasteiger partial charge on any atom is 0.319 e. The van der Waals surface area contributed by atoms with E-state index in [-0.39, 0.29) is 39.6 Å². The molecule has 2 N–H and O–H groups in total. The third-order valence-corrected chi connectivity index (χ3v) is 9.89. The first-order chi connectivity index (χ1) is 21.9. The second-order valence-electron chi connectivity index (χ2n) is 12.4. The molecule has 4 fully saturated rings. The number of phenolic OH excluding ortho intramolecular Hbond substituents is 1. The number of terminal acetylenes is 2. The molecule has 2 aromatic heterocycles. The molecular formula is C35H34F2N6O2. The monoisotopic (exact) mass is 608 g/mol. The Morgan fingerprint density at radius 1 is 1.07 bits per heavy atom. The number of nitrogens with one attached hydrogen (secondary N) is 1. The molecule has 8 rings (SSSR count). The molecular weight excluding hydrogens is 574 g/mol. The minimum absolute atomic E-state index is 0.0191. The lowest BCUT2D eigenvalue weighted by Gasteiger charge is -2.34. The predicted octanol–water partition coefficient (Wildman–Crippen LogP) is 5.01. The Labute approximate surface area is 260 Å². The van der Waals surface area contributed by atoms with Crippen LogP contribution in [0.2, 0.25) is 0 Å². The number of phenols is 1. The second kappa shape index (κ2) is 11.4. The summed E-state index contributed by atoms with van der Waals surface area (Å²) in [6.07, 6.45) is 21.8. The Hall–Kier alpha value is -4.51.